The summed E-state index contributed by atoms with van der Waals surface area (Å²) in [6.45, 7) is 2.74. The van der Waals surface area contributed by atoms with Crippen LogP contribution < -0.4 is 15.8 Å². The second-order valence-electron chi connectivity index (χ2n) is 8.88. The van der Waals surface area contributed by atoms with Gasteiger partial charge in [-0.3, -0.25) is 4.68 Å². The van der Waals surface area contributed by atoms with Crippen LogP contribution in [0, 0.1) is 0 Å². The lowest BCUT2D eigenvalue weighted by Gasteiger charge is -2.17. The zero-order chi connectivity index (χ0) is 23.6. The number of anilines is 1. The first-order valence-electron chi connectivity index (χ1n) is 11.7. The SMILES string of the molecule is Nc1cc(C2CCNCc3cccc(c3)OCc3cccc(c3)Cn3cc2cn3)c2n[nH]nc2n1. The van der Waals surface area contributed by atoms with Crippen molar-refractivity contribution < 1.29 is 4.74 Å². The molecule has 3 aromatic heterocycles. The third-order valence-electron chi connectivity index (χ3n) is 6.35. The molecule has 0 aliphatic carbocycles. The summed E-state index contributed by atoms with van der Waals surface area (Å²) in [5.74, 6) is 1.33. The molecule has 9 nitrogen and oxygen atoms in total. The number of nitrogens with two attached hydrogens (primary N) is 1. The van der Waals surface area contributed by atoms with Gasteiger partial charge in [-0.05, 0) is 59.0 Å². The highest BCUT2D eigenvalue weighted by atomic mass is 16.5. The van der Waals surface area contributed by atoms with Crippen molar-refractivity contribution in [2.75, 3.05) is 12.3 Å². The Morgan fingerprint density at radius 3 is 2.86 bits per heavy atom. The summed E-state index contributed by atoms with van der Waals surface area (Å²) in [7, 11) is 0. The Labute approximate surface area is 202 Å². The number of hydrogen-bond donors (Lipinski definition) is 3. The van der Waals surface area contributed by atoms with Crippen molar-refractivity contribution in [3.63, 3.8) is 0 Å². The molecule has 1 unspecified atom stereocenters. The Morgan fingerprint density at radius 2 is 1.89 bits per heavy atom. The Morgan fingerprint density at radius 1 is 1.00 bits per heavy atom. The average Bonchev–Trinajstić information content (AvgIpc) is 3.52. The minimum atomic E-state index is 0.0332. The number of pyridine rings is 1. The van der Waals surface area contributed by atoms with Crippen molar-refractivity contribution in [3.8, 4) is 5.75 Å². The highest BCUT2D eigenvalue weighted by Crippen LogP contribution is 2.32. The summed E-state index contributed by atoms with van der Waals surface area (Å²) < 4.78 is 8.05. The van der Waals surface area contributed by atoms with Gasteiger partial charge < -0.3 is 15.8 Å². The minimum Gasteiger partial charge on any atom is -0.489 e. The van der Waals surface area contributed by atoms with Crippen LogP contribution in [0.1, 0.15) is 40.2 Å². The van der Waals surface area contributed by atoms with E-state index in [2.05, 4.69) is 73.4 Å². The standard InChI is InChI=1S/C26H26N8O/c27-24-11-23(25-26(30-24)32-33-31-25)22-7-8-28-12-17-3-2-6-21(10-17)35-16-19-5-1-4-18(9-19)14-34-15-20(22)13-29-34/h1-6,9-11,13,15,22,28H,7-8,12,14,16H2,(H3,27,30,31,32,33). The third-order valence-corrected chi connectivity index (χ3v) is 6.35. The molecule has 1 aliphatic rings. The van der Waals surface area contributed by atoms with Crippen LogP contribution in [-0.4, -0.2) is 36.7 Å². The van der Waals surface area contributed by atoms with Gasteiger partial charge >= 0.3 is 0 Å². The highest BCUT2D eigenvalue weighted by Gasteiger charge is 2.22. The first kappa shape index (κ1) is 21.3. The fourth-order valence-electron chi connectivity index (χ4n) is 4.69. The molecule has 4 N–H and O–H groups in total. The average molecular weight is 467 g/mol. The molecule has 1 atom stereocenters. The van der Waals surface area contributed by atoms with E-state index >= 15 is 0 Å². The van der Waals surface area contributed by atoms with Crippen molar-refractivity contribution in [2.24, 2.45) is 0 Å². The molecule has 5 aromatic rings. The first-order valence-corrected chi connectivity index (χ1v) is 11.7. The van der Waals surface area contributed by atoms with Gasteiger partial charge in [0.15, 0.2) is 0 Å². The Kier molecular flexibility index (Phi) is 5.59. The zero-order valence-electron chi connectivity index (χ0n) is 19.2. The molecule has 0 spiro atoms. The molecule has 35 heavy (non-hydrogen) atoms. The van der Waals surface area contributed by atoms with Crippen LogP contribution in [0.15, 0.2) is 67.0 Å². The zero-order valence-corrected chi connectivity index (χ0v) is 19.2. The van der Waals surface area contributed by atoms with E-state index in [1.165, 1.54) is 11.1 Å². The van der Waals surface area contributed by atoms with Gasteiger partial charge in [0, 0.05) is 18.7 Å². The van der Waals surface area contributed by atoms with E-state index < -0.39 is 0 Å². The number of nitrogens with zero attached hydrogens (tertiary/aromatic N) is 5. The van der Waals surface area contributed by atoms with Gasteiger partial charge in [-0.2, -0.15) is 15.4 Å². The number of rotatable bonds is 1. The second kappa shape index (κ2) is 9.19. The number of aromatic nitrogens is 6. The van der Waals surface area contributed by atoms with Gasteiger partial charge in [-0.15, -0.1) is 5.10 Å². The van der Waals surface area contributed by atoms with Gasteiger partial charge in [0.1, 0.15) is 23.7 Å². The molecule has 0 fully saturated rings. The van der Waals surface area contributed by atoms with E-state index in [-0.39, 0.29) is 5.92 Å². The number of fused-ring (bicyclic) bond motifs is 7. The summed E-state index contributed by atoms with van der Waals surface area (Å²) in [6, 6.07) is 18.6. The van der Waals surface area contributed by atoms with Crippen molar-refractivity contribution in [3.05, 3.63) is 94.8 Å². The summed E-state index contributed by atoms with van der Waals surface area (Å²) >= 11 is 0. The second-order valence-corrected chi connectivity index (χ2v) is 8.88. The molecule has 4 heterocycles. The monoisotopic (exact) mass is 466 g/mol. The molecule has 0 radical (unpaired) electrons. The normalized spacial score (nSPS) is 16.5. The molecule has 176 valence electrons. The molecule has 1 aliphatic heterocycles. The number of nitrogens with one attached hydrogen (secondary N) is 2. The van der Waals surface area contributed by atoms with E-state index in [1.807, 2.05) is 29.1 Å². The molecule has 0 saturated heterocycles. The van der Waals surface area contributed by atoms with Crippen molar-refractivity contribution in [2.45, 2.75) is 32.0 Å². The predicted molar refractivity (Wildman–Crippen MR) is 133 cm³/mol. The van der Waals surface area contributed by atoms with E-state index in [4.69, 9.17) is 10.5 Å². The van der Waals surface area contributed by atoms with Crippen LogP contribution in [0.5, 0.6) is 5.75 Å². The van der Waals surface area contributed by atoms with Crippen LogP contribution in [0.3, 0.4) is 0 Å². The number of ether oxygens (including phenoxy) is 1. The molecule has 0 saturated carbocycles. The summed E-state index contributed by atoms with van der Waals surface area (Å²) in [6.07, 6.45) is 4.88. The summed E-state index contributed by atoms with van der Waals surface area (Å²) in [4.78, 5) is 4.32. The predicted octanol–water partition coefficient (Wildman–Crippen LogP) is 3.38. The smallest absolute Gasteiger partial charge is 0.203 e. The third kappa shape index (κ3) is 4.58. The van der Waals surface area contributed by atoms with E-state index in [9.17, 15) is 0 Å². The fraction of sp³-hybridized carbons (Fsp3) is 0.231. The molecule has 6 bridgehead atoms. The number of H-pyrrole nitrogens is 1. The van der Waals surface area contributed by atoms with Crippen LogP contribution in [-0.2, 0) is 19.7 Å². The summed E-state index contributed by atoms with van der Waals surface area (Å²) in [5.41, 5.74) is 13.0. The van der Waals surface area contributed by atoms with Crippen molar-refractivity contribution in [1.29, 1.82) is 0 Å². The van der Waals surface area contributed by atoms with Crippen molar-refractivity contribution >= 4 is 17.0 Å². The number of nitrogen functional groups attached to an aromatic ring is 1. The largest absolute Gasteiger partial charge is 0.489 e. The van der Waals surface area contributed by atoms with Gasteiger partial charge in [-0.25, -0.2) is 4.98 Å². The molecular weight excluding hydrogens is 440 g/mol. The van der Waals surface area contributed by atoms with Gasteiger partial charge in [0.05, 0.1) is 12.7 Å². The Bertz CT molecular complexity index is 1470. The fourth-order valence-corrected chi connectivity index (χ4v) is 4.69. The van der Waals surface area contributed by atoms with E-state index in [0.717, 1.165) is 47.5 Å². The molecule has 6 rings (SSSR count). The van der Waals surface area contributed by atoms with Gasteiger partial charge in [-0.1, -0.05) is 36.4 Å². The topological polar surface area (TPSA) is 120 Å². The number of hydrogen-bond acceptors (Lipinski definition) is 7. The lowest BCUT2D eigenvalue weighted by molar-refractivity contribution is 0.305. The van der Waals surface area contributed by atoms with Crippen molar-refractivity contribution in [1.82, 2.24) is 35.5 Å². The Hall–Kier alpha value is -4.24. The van der Waals surface area contributed by atoms with E-state index in [1.54, 1.807) is 0 Å². The highest BCUT2D eigenvalue weighted by molar-refractivity contribution is 5.77. The molecule has 9 heteroatoms. The van der Waals surface area contributed by atoms with Gasteiger partial charge in [0.25, 0.3) is 0 Å². The number of aromatic amines is 1. The number of benzene rings is 2. The molecule has 0 amide bonds. The van der Waals surface area contributed by atoms with Crippen LogP contribution in [0.2, 0.25) is 0 Å². The summed E-state index contributed by atoms with van der Waals surface area (Å²) in [5, 5.41) is 19.5. The van der Waals surface area contributed by atoms with Crippen LogP contribution in [0.4, 0.5) is 5.82 Å². The van der Waals surface area contributed by atoms with Gasteiger partial charge in [0.2, 0.25) is 5.65 Å². The van der Waals surface area contributed by atoms with Crippen LogP contribution in [0.25, 0.3) is 11.2 Å². The Balaban J connectivity index is 1.38. The van der Waals surface area contributed by atoms with Crippen LogP contribution >= 0.6 is 0 Å². The maximum Gasteiger partial charge on any atom is 0.203 e. The quantitative estimate of drug-likeness (QED) is 0.346. The first-order chi connectivity index (χ1) is 17.2. The molecule has 2 aromatic carbocycles. The minimum absolute atomic E-state index is 0.0332. The molecular formula is C26H26N8O. The lowest BCUT2D eigenvalue weighted by Crippen LogP contribution is -2.18. The maximum atomic E-state index is 6.13. The van der Waals surface area contributed by atoms with E-state index in [0.29, 0.717) is 24.6 Å². The maximum absolute atomic E-state index is 6.13. The lowest BCUT2D eigenvalue weighted by atomic mass is 9.90.